The van der Waals surface area contributed by atoms with Gasteiger partial charge in [-0.15, -0.1) is 11.3 Å². The van der Waals surface area contributed by atoms with Gasteiger partial charge in [0.2, 0.25) is 0 Å². The molecule has 1 rings (SSSR count). The summed E-state index contributed by atoms with van der Waals surface area (Å²) < 4.78 is 5.00. The second kappa shape index (κ2) is 6.53. The summed E-state index contributed by atoms with van der Waals surface area (Å²) in [4.78, 5) is 17.0. The van der Waals surface area contributed by atoms with E-state index in [1.54, 1.807) is 12.5 Å². The summed E-state index contributed by atoms with van der Waals surface area (Å²) in [5, 5.41) is 11.2. The zero-order chi connectivity index (χ0) is 12.8. The van der Waals surface area contributed by atoms with Crippen molar-refractivity contribution in [1.82, 2.24) is 4.98 Å². The third kappa shape index (κ3) is 3.65. The topological polar surface area (TPSA) is 88.7 Å². The first-order valence-corrected chi connectivity index (χ1v) is 6.15. The Bertz CT molecular complexity index is 369. The molecule has 0 spiro atoms. The Hall–Kier alpha value is -1.18. The van der Waals surface area contributed by atoms with Gasteiger partial charge in [0.05, 0.1) is 12.3 Å². The number of thiazole rings is 1. The number of methoxy groups -OCH3 is 1. The number of nitrogens with zero attached hydrogens (tertiary/aromatic N) is 2. The third-order valence-electron chi connectivity index (χ3n) is 2.31. The van der Waals surface area contributed by atoms with Gasteiger partial charge >= 0.3 is 5.97 Å². The third-order valence-corrected chi connectivity index (χ3v) is 3.23. The van der Waals surface area contributed by atoms with Crippen molar-refractivity contribution in [2.45, 2.75) is 13.0 Å². The molecule has 0 aliphatic carbocycles. The number of ether oxygens (including phenoxy) is 1. The lowest BCUT2D eigenvalue weighted by molar-refractivity contribution is -0.138. The molecule has 1 aromatic rings. The van der Waals surface area contributed by atoms with Gasteiger partial charge in [0.1, 0.15) is 6.04 Å². The van der Waals surface area contributed by atoms with Crippen LogP contribution in [0.4, 0.5) is 5.13 Å². The molecule has 1 atom stereocenters. The molecule has 0 saturated carbocycles. The van der Waals surface area contributed by atoms with Crippen LogP contribution in [0.3, 0.4) is 0 Å². The average molecular weight is 259 g/mol. The highest BCUT2D eigenvalue weighted by atomic mass is 32.1. The number of aliphatic carboxylic acids is 1. The van der Waals surface area contributed by atoms with Crippen LogP contribution in [-0.4, -0.2) is 42.9 Å². The first-order chi connectivity index (χ1) is 8.10. The molecule has 6 nitrogen and oxygen atoms in total. The molecule has 0 fully saturated rings. The summed E-state index contributed by atoms with van der Waals surface area (Å²) in [6, 6.07) is -1.05. The minimum atomic E-state index is -1.07. The van der Waals surface area contributed by atoms with Gasteiger partial charge in [-0.05, 0) is 6.92 Å². The maximum absolute atomic E-state index is 10.7. The predicted octanol–water partition coefficient (Wildman–Crippen LogP) is 0.700. The Kier molecular flexibility index (Phi) is 5.33. The van der Waals surface area contributed by atoms with E-state index in [0.717, 1.165) is 18.2 Å². The largest absolute Gasteiger partial charge is 0.480 e. The normalized spacial score (nSPS) is 12.4. The monoisotopic (exact) mass is 259 g/mol. The maximum Gasteiger partial charge on any atom is 0.326 e. The van der Waals surface area contributed by atoms with Gasteiger partial charge in [-0.1, -0.05) is 0 Å². The van der Waals surface area contributed by atoms with Crippen molar-refractivity contribution in [2.75, 3.05) is 31.7 Å². The number of carboxylic acid groups (broad SMARTS) is 1. The lowest BCUT2D eigenvalue weighted by Crippen LogP contribution is -2.27. The Morgan fingerprint density at radius 1 is 1.76 bits per heavy atom. The van der Waals surface area contributed by atoms with Crippen molar-refractivity contribution in [3.05, 3.63) is 11.1 Å². The Morgan fingerprint density at radius 2 is 2.47 bits per heavy atom. The molecule has 0 aromatic carbocycles. The van der Waals surface area contributed by atoms with Gasteiger partial charge in [-0.2, -0.15) is 0 Å². The average Bonchev–Trinajstić information content (AvgIpc) is 2.78. The van der Waals surface area contributed by atoms with Crippen LogP contribution in [0.2, 0.25) is 0 Å². The van der Waals surface area contributed by atoms with Gasteiger partial charge in [0.25, 0.3) is 0 Å². The predicted molar refractivity (Wildman–Crippen MR) is 66.4 cm³/mol. The number of hydrogen-bond acceptors (Lipinski definition) is 6. The van der Waals surface area contributed by atoms with Crippen molar-refractivity contribution in [2.24, 2.45) is 5.73 Å². The number of anilines is 1. The zero-order valence-corrected chi connectivity index (χ0v) is 10.7. The summed E-state index contributed by atoms with van der Waals surface area (Å²) in [5.74, 6) is -1.07. The molecule has 0 saturated heterocycles. The van der Waals surface area contributed by atoms with E-state index >= 15 is 0 Å². The SMILES string of the molecule is CCN(CCOC)c1nc(C(N)C(=O)O)cs1. The number of carboxylic acids is 1. The van der Waals surface area contributed by atoms with Gasteiger partial charge in [-0.3, -0.25) is 4.79 Å². The number of nitrogens with two attached hydrogens (primary N) is 1. The van der Waals surface area contributed by atoms with Crippen molar-refractivity contribution in [3.63, 3.8) is 0 Å². The summed E-state index contributed by atoms with van der Waals surface area (Å²) in [6.07, 6.45) is 0. The molecule has 3 N–H and O–H groups in total. The lowest BCUT2D eigenvalue weighted by atomic mass is 10.2. The molecule has 96 valence electrons. The molecule has 0 aliphatic heterocycles. The number of carbonyl (C=O) groups is 1. The van der Waals surface area contributed by atoms with Crippen LogP contribution in [0.5, 0.6) is 0 Å². The Morgan fingerprint density at radius 3 is 3.00 bits per heavy atom. The van der Waals surface area contributed by atoms with Crippen LogP contribution in [-0.2, 0) is 9.53 Å². The highest BCUT2D eigenvalue weighted by molar-refractivity contribution is 7.13. The van der Waals surface area contributed by atoms with Crippen molar-refractivity contribution in [3.8, 4) is 0 Å². The van der Waals surface area contributed by atoms with E-state index in [1.165, 1.54) is 11.3 Å². The van der Waals surface area contributed by atoms with E-state index in [0.29, 0.717) is 12.3 Å². The molecule has 1 unspecified atom stereocenters. The lowest BCUT2D eigenvalue weighted by Gasteiger charge is -2.18. The summed E-state index contributed by atoms with van der Waals surface area (Å²) in [7, 11) is 1.64. The fourth-order valence-electron chi connectivity index (χ4n) is 1.28. The van der Waals surface area contributed by atoms with Crippen molar-refractivity contribution >= 4 is 22.4 Å². The van der Waals surface area contributed by atoms with Crippen LogP contribution < -0.4 is 10.6 Å². The van der Waals surface area contributed by atoms with E-state index in [9.17, 15) is 4.79 Å². The van der Waals surface area contributed by atoms with Crippen LogP contribution in [0.25, 0.3) is 0 Å². The van der Waals surface area contributed by atoms with Crippen LogP contribution >= 0.6 is 11.3 Å². The van der Waals surface area contributed by atoms with Crippen molar-refractivity contribution < 1.29 is 14.6 Å². The molecule has 1 aromatic heterocycles. The van der Waals surface area contributed by atoms with E-state index in [1.807, 2.05) is 11.8 Å². The maximum atomic E-state index is 10.7. The van der Waals surface area contributed by atoms with Crippen molar-refractivity contribution in [1.29, 1.82) is 0 Å². The first-order valence-electron chi connectivity index (χ1n) is 5.27. The molecule has 0 bridgehead atoms. The second-order valence-electron chi connectivity index (χ2n) is 3.44. The van der Waals surface area contributed by atoms with E-state index in [2.05, 4.69) is 4.98 Å². The minimum Gasteiger partial charge on any atom is -0.480 e. The fraction of sp³-hybridized carbons (Fsp3) is 0.600. The van der Waals surface area contributed by atoms with Crippen LogP contribution in [0, 0.1) is 0 Å². The number of rotatable bonds is 7. The smallest absolute Gasteiger partial charge is 0.326 e. The molecule has 17 heavy (non-hydrogen) atoms. The summed E-state index contributed by atoms with van der Waals surface area (Å²) >= 11 is 1.39. The minimum absolute atomic E-state index is 0.397. The molecule has 1 heterocycles. The van der Waals surface area contributed by atoms with Gasteiger partial charge in [0.15, 0.2) is 5.13 Å². The Labute approximate surface area is 104 Å². The molecule has 7 heteroatoms. The van der Waals surface area contributed by atoms with Crippen LogP contribution in [0.1, 0.15) is 18.7 Å². The van der Waals surface area contributed by atoms with Crippen LogP contribution in [0.15, 0.2) is 5.38 Å². The number of aromatic nitrogens is 1. The first kappa shape index (κ1) is 13.9. The molecule has 0 aliphatic rings. The number of hydrogen-bond donors (Lipinski definition) is 2. The van der Waals surface area contributed by atoms with Gasteiger partial charge in [0, 0.05) is 25.6 Å². The van der Waals surface area contributed by atoms with Gasteiger partial charge in [-0.25, -0.2) is 4.98 Å². The Balaban J connectivity index is 2.74. The zero-order valence-electron chi connectivity index (χ0n) is 9.92. The molecular weight excluding hydrogens is 242 g/mol. The fourth-order valence-corrected chi connectivity index (χ4v) is 2.23. The summed E-state index contributed by atoms with van der Waals surface area (Å²) in [6.45, 7) is 4.13. The highest BCUT2D eigenvalue weighted by Gasteiger charge is 2.19. The standard InChI is InChI=1S/C10H17N3O3S/c1-3-13(4-5-16-2)10-12-7(6-17-10)8(11)9(14)15/h6,8H,3-5,11H2,1-2H3,(H,14,15). The van der Waals surface area contributed by atoms with E-state index < -0.39 is 12.0 Å². The number of likely N-dealkylation sites (N-methyl/N-ethyl adjacent to an activating group) is 1. The second-order valence-corrected chi connectivity index (χ2v) is 4.28. The van der Waals surface area contributed by atoms with E-state index in [-0.39, 0.29) is 0 Å². The molecular formula is C10H17N3O3S. The molecule has 0 radical (unpaired) electrons. The quantitative estimate of drug-likeness (QED) is 0.749. The highest BCUT2D eigenvalue weighted by Crippen LogP contribution is 2.23. The molecule has 0 amide bonds. The van der Waals surface area contributed by atoms with Gasteiger partial charge < -0.3 is 20.5 Å². The summed E-state index contributed by atoms with van der Waals surface area (Å²) in [5.41, 5.74) is 5.89. The van der Waals surface area contributed by atoms with E-state index in [4.69, 9.17) is 15.6 Å².